The smallest absolute Gasteiger partial charge is 0.261 e. The Balaban J connectivity index is 2.26. The molecule has 0 fully saturated rings. The van der Waals surface area contributed by atoms with Crippen LogP contribution in [0.1, 0.15) is 13.3 Å². The van der Waals surface area contributed by atoms with Gasteiger partial charge in [-0.2, -0.15) is 0 Å². The van der Waals surface area contributed by atoms with Crippen molar-refractivity contribution < 1.29 is 27.5 Å². The van der Waals surface area contributed by atoms with Crippen molar-refractivity contribution in [1.29, 1.82) is 0 Å². The van der Waals surface area contributed by atoms with Gasteiger partial charge >= 0.3 is 0 Å². The summed E-state index contributed by atoms with van der Waals surface area (Å²) < 4.78 is 44.2. The number of nitrogens with one attached hydrogen (secondary N) is 1. The van der Waals surface area contributed by atoms with Gasteiger partial charge in [0.2, 0.25) is 0 Å². The fourth-order valence-corrected chi connectivity index (χ4v) is 3.68. The van der Waals surface area contributed by atoms with Gasteiger partial charge < -0.3 is 9.30 Å². The summed E-state index contributed by atoms with van der Waals surface area (Å²) in [4.78, 5) is 23.8. The summed E-state index contributed by atoms with van der Waals surface area (Å²) in [5.41, 5.74) is 1.31. The van der Waals surface area contributed by atoms with Gasteiger partial charge in [0.1, 0.15) is 16.8 Å². The molecule has 0 spiro atoms. The van der Waals surface area contributed by atoms with Gasteiger partial charge in [-0.05, 0) is 31.0 Å². The van der Waals surface area contributed by atoms with E-state index in [1.165, 1.54) is 5.48 Å². The second-order valence-corrected chi connectivity index (χ2v) is 8.34. The fourth-order valence-electron chi connectivity index (χ4n) is 2.71. The zero-order chi connectivity index (χ0) is 20.9. The number of aryl methyl sites for hydroxylation is 1. The fraction of sp³-hybridized carbons (Fsp3) is 0.333. The Kier molecular flexibility index (Phi) is 6.92. The Labute approximate surface area is 161 Å². The molecule has 0 saturated carbocycles. The minimum absolute atomic E-state index is 0.0945. The van der Waals surface area contributed by atoms with Gasteiger partial charge in [0, 0.05) is 30.6 Å². The first-order valence-electron chi connectivity index (χ1n) is 8.43. The number of carbonyl (C=O) groups is 1. The van der Waals surface area contributed by atoms with E-state index in [-0.39, 0.29) is 18.5 Å². The van der Waals surface area contributed by atoms with Crippen LogP contribution in [0.15, 0.2) is 41.3 Å². The summed E-state index contributed by atoms with van der Waals surface area (Å²) in [5, 5.41) is 7.12. The van der Waals surface area contributed by atoms with Crippen LogP contribution >= 0.6 is 0 Å². The lowest BCUT2D eigenvalue weighted by Gasteiger charge is -2.14. The Bertz CT molecular complexity index is 1000. The van der Waals surface area contributed by atoms with Crippen LogP contribution in [0.25, 0.3) is 11.1 Å². The number of sulfone groups is 1. The molecule has 0 aliphatic carbocycles. The van der Waals surface area contributed by atoms with E-state index in [9.17, 15) is 22.4 Å². The molecule has 0 unspecified atom stereocenters. The third kappa shape index (κ3) is 5.17. The highest BCUT2D eigenvalue weighted by Gasteiger charge is 2.28. The Morgan fingerprint density at radius 3 is 2.50 bits per heavy atom. The first-order chi connectivity index (χ1) is 13.2. The lowest BCUT2D eigenvalue weighted by Crippen LogP contribution is -2.39. The third-order valence-electron chi connectivity index (χ3n) is 4.11. The topological polar surface area (TPSA) is 115 Å². The number of hydrogen-bond acceptors (Lipinski definition) is 6. The van der Waals surface area contributed by atoms with Gasteiger partial charge in [-0.15, -0.1) is 0 Å². The van der Waals surface area contributed by atoms with Crippen LogP contribution in [0.4, 0.5) is 4.39 Å². The number of pyridine rings is 1. The van der Waals surface area contributed by atoms with Crippen LogP contribution in [0.5, 0.6) is 5.75 Å². The first kappa shape index (κ1) is 21.6. The largest absolute Gasteiger partial charge is 0.494 e. The molecule has 1 atom stereocenters. The lowest BCUT2D eigenvalue weighted by molar-refractivity contribution is -0.128. The molecule has 2 rings (SSSR count). The van der Waals surface area contributed by atoms with Crippen molar-refractivity contribution in [2.24, 2.45) is 0 Å². The average Bonchev–Trinajstić information content (AvgIpc) is 2.64. The van der Waals surface area contributed by atoms with Gasteiger partial charge in [-0.25, -0.2) is 18.3 Å². The van der Waals surface area contributed by atoms with Crippen molar-refractivity contribution in [2.75, 3.05) is 12.9 Å². The van der Waals surface area contributed by atoms with E-state index >= 15 is 0 Å². The summed E-state index contributed by atoms with van der Waals surface area (Å²) in [6, 6.07) is 7.67. The molecule has 0 aliphatic heterocycles. The monoisotopic (exact) mass is 412 g/mol. The predicted molar refractivity (Wildman–Crippen MR) is 100 cm³/mol. The summed E-state index contributed by atoms with van der Waals surface area (Å²) in [7, 11) is -3.82. The van der Waals surface area contributed by atoms with Crippen molar-refractivity contribution in [3.8, 4) is 16.9 Å². The zero-order valence-electron chi connectivity index (χ0n) is 15.4. The zero-order valence-corrected chi connectivity index (χ0v) is 16.2. The molecule has 28 heavy (non-hydrogen) atoms. The number of hydrogen-bond donors (Lipinski definition) is 2. The van der Waals surface area contributed by atoms with E-state index in [0.717, 1.165) is 23.1 Å². The van der Waals surface area contributed by atoms with E-state index in [2.05, 4.69) is 0 Å². The van der Waals surface area contributed by atoms with E-state index in [4.69, 9.17) is 9.94 Å². The van der Waals surface area contributed by atoms with Gasteiger partial charge in [0.25, 0.3) is 11.5 Å². The second-order valence-electron chi connectivity index (χ2n) is 6.11. The van der Waals surface area contributed by atoms with Crippen LogP contribution in [0.2, 0.25) is 0 Å². The van der Waals surface area contributed by atoms with E-state index < -0.39 is 32.4 Å². The number of nitrogens with zero attached hydrogens (tertiary/aromatic N) is 1. The number of ether oxygens (including phenoxy) is 1. The molecular weight excluding hydrogens is 391 g/mol. The van der Waals surface area contributed by atoms with Crippen LogP contribution in [0.3, 0.4) is 0 Å². The highest BCUT2D eigenvalue weighted by Crippen LogP contribution is 2.24. The van der Waals surface area contributed by atoms with Crippen molar-refractivity contribution in [2.45, 2.75) is 25.1 Å². The molecule has 10 heteroatoms. The maximum absolute atomic E-state index is 14.5. The Morgan fingerprint density at radius 2 is 1.96 bits per heavy atom. The predicted octanol–water partition coefficient (Wildman–Crippen LogP) is 1.36. The molecule has 152 valence electrons. The number of hydroxylamine groups is 1. The molecule has 0 aliphatic rings. The van der Waals surface area contributed by atoms with Gasteiger partial charge in [-0.3, -0.25) is 14.8 Å². The van der Waals surface area contributed by atoms with Crippen LogP contribution in [-0.4, -0.2) is 42.2 Å². The lowest BCUT2D eigenvalue weighted by atomic mass is 10.1. The number of amides is 1. The first-order valence-corrected chi connectivity index (χ1v) is 10.4. The summed E-state index contributed by atoms with van der Waals surface area (Å²) in [5.74, 6) is -1.16. The molecule has 1 amide bonds. The quantitative estimate of drug-likeness (QED) is 0.500. The molecular formula is C18H21FN2O6S. The van der Waals surface area contributed by atoms with E-state index in [1.807, 2.05) is 6.92 Å². The van der Waals surface area contributed by atoms with Crippen LogP contribution in [0, 0.1) is 5.82 Å². The third-order valence-corrected chi connectivity index (χ3v) is 5.59. The van der Waals surface area contributed by atoms with Gasteiger partial charge in [0.05, 0.1) is 6.61 Å². The van der Waals surface area contributed by atoms with Gasteiger partial charge in [0.15, 0.2) is 9.84 Å². The van der Waals surface area contributed by atoms with Crippen molar-refractivity contribution >= 4 is 15.7 Å². The van der Waals surface area contributed by atoms with E-state index in [0.29, 0.717) is 17.9 Å². The molecule has 0 radical (unpaired) electrons. The van der Waals surface area contributed by atoms with Crippen molar-refractivity contribution in [1.82, 2.24) is 10.0 Å². The standard InChI is InChI=1S/C18H21FN2O6S/c1-3-27-13-6-4-12(5-7-13)14-10-17(22)21(11-15(14)19)9-8-16(18(23)20-24)28(2,25)26/h4-7,10-11,16,24H,3,8-9H2,1-2H3,(H,20,23)/t16-/m1/s1. The van der Waals surface area contributed by atoms with Gasteiger partial charge in [-0.1, -0.05) is 12.1 Å². The molecule has 0 saturated heterocycles. The van der Waals surface area contributed by atoms with Crippen molar-refractivity contribution in [3.05, 3.63) is 52.7 Å². The maximum Gasteiger partial charge on any atom is 0.261 e. The molecule has 8 nitrogen and oxygen atoms in total. The minimum Gasteiger partial charge on any atom is -0.494 e. The van der Waals surface area contributed by atoms with E-state index in [1.54, 1.807) is 24.3 Å². The summed E-state index contributed by atoms with van der Waals surface area (Å²) in [6.45, 7) is 2.11. The van der Waals surface area contributed by atoms with Crippen molar-refractivity contribution in [3.63, 3.8) is 0 Å². The number of carbonyl (C=O) groups excluding carboxylic acids is 1. The molecule has 0 bridgehead atoms. The maximum atomic E-state index is 14.5. The number of aromatic nitrogens is 1. The summed E-state index contributed by atoms with van der Waals surface area (Å²) >= 11 is 0. The number of halogens is 1. The molecule has 2 N–H and O–H groups in total. The summed E-state index contributed by atoms with van der Waals surface area (Å²) in [6.07, 6.45) is 1.50. The molecule has 1 aromatic carbocycles. The average molecular weight is 412 g/mol. The number of rotatable bonds is 8. The number of benzene rings is 1. The Morgan fingerprint density at radius 1 is 1.32 bits per heavy atom. The molecule has 2 aromatic rings. The van der Waals surface area contributed by atoms with Crippen LogP contribution < -0.4 is 15.8 Å². The second kappa shape index (κ2) is 8.98. The SMILES string of the molecule is CCOc1ccc(-c2cc(=O)n(CC[C@H](C(=O)NO)S(C)(=O)=O)cc2F)cc1. The minimum atomic E-state index is -3.82. The Hall–Kier alpha value is -2.72. The highest BCUT2D eigenvalue weighted by molar-refractivity contribution is 7.92. The van der Waals surface area contributed by atoms with Crippen LogP contribution in [-0.2, 0) is 21.2 Å². The highest BCUT2D eigenvalue weighted by atomic mass is 32.2. The molecule has 1 heterocycles. The molecule has 1 aromatic heterocycles. The normalized spacial score (nSPS) is 12.4.